The van der Waals surface area contributed by atoms with Crippen LogP contribution in [0.3, 0.4) is 0 Å². The summed E-state index contributed by atoms with van der Waals surface area (Å²) in [5.41, 5.74) is -1.09. The number of aromatic nitrogens is 2. The number of nitriles is 1. The molecule has 1 atom stereocenters. The van der Waals surface area contributed by atoms with E-state index in [2.05, 4.69) is 9.82 Å². The maximum Gasteiger partial charge on any atom is 0.259 e. The Morgan fingerprint density at radius 3 is 2.69 bits per heavy atom. The van der Waals surface area contributed by atoms with Gasteiger partial charge in [-0.15, -0.1) is 0 Å². The summed E-state index contributed by atoms with van der Waals surface area (Å²) in [7, 11) is -2.17. The SMILES string of the molecule is CCC(C)(C#N)NS(=O)(=O)c1ccnn1C. The van der Waals surface area contributed by atoms with Crippen molar-refractivity contribution in [2.75, 3.05) is 0 Å². The number of hydrogen-bond acceptors (Lipinski definition) is 4. The first kappa shape index (κ1) is 12.7. The van der Waals surface area contributed by atoms with Crippen molar-refractivity contribution in [3.63, 3.8) is 0 Å². The third-order valence-corrected chi connectivity index (χ3v) is 4.03. The van der Waals surface area contributed by atoms with E-state index in [9.17, 15) is 8.42 Å². The van der Waals surface area contributed by atoms with Crippen molar-refractivity contribution in [2.24, 2.45) is 7.05 Å². The van der Waals surface area contributed by atoms with Gasteiger partial charge in [-0.05, 0) is 19.4 Å². The second kappa shape index (κ2) is 4.23. The van der Waals surface area contributed by atoms with Gasteiger partial charge in [0.25, 0.3) is 10.0 Å². The number of aryl methyl sites for hydroxylation is 1. The van der Waals surface area contributed by atoms with Gasteiger partial charge >= 0.3 is 0 Å². The first-order valence-electron chi connectivity index (χ1n) is 4.78. The minimum absolute atomic E-state index is 0.0439. The molecule has 7 heteroatoms. The van der Waals surface area contributed by atoms with Gasteiger partial charge in [0.15, 0.2) is 5.03 Å². The lowest BCUT2D eigenvalue weighted by Gasteiger charge is -2.20. The van der Waals surface area contributed by atoms with Gasteiger partial charge in [-0.1, -0.05) is 6.92 Å². The van der Waals surface area contributed by atoms with Crippen molar-refractivity contribution in [3.8, 4) is 6.07 Å². The van der Waals surface area contributed by atoms with Gasteiger partial charge in [0.05, 0.1) is 12.3 Å². The standard InChI is InChI=1S/C9H14N4O2S/c1-4-9(2,7-10)12-16(14,15)8-5-6-11-13(8)3/h5-6,12H,4H2,1-3H3. The van der Waals surface area contributed by atoms with Crippen molar-refractivity contribution in [1.82, 2.24) is 14.5 Å². The summed E-state index contributed by atoms with van der Waals surface area (Å²) < 4.78 is 27.5. The van der Waals surface area contributed by atoms with Gasteiger partial charge in [-0.2, -0.15) is 15.1 Å². The van der Waals surface area contributed by atoms with E-state index in [-0.39, 0.29) is 5.03 Å². The van der Waals surface area contributed by atoms with Crippen LogP contribution in [0.15, 0.2) is 17.3 Å². The van der Waals surface area contributed by atoms with Crippen molar-refractivity contribution in [2.45, 2.75) is 30.8 Å². The van der Waals surface area contributed by atoms with Crippen LogP contribution < -0.4 is 4.72 Å². The molecule has 0 radical (unpaired) electrons. The Bertz CT molecular complexity index is 514. The first-order chi connectivity index (χ1) is 7.34. The van der Waals surface area contributed by atoms with E-state index < -0.39 is 15.6 Å². The van der Waals surface area contributed by atoms with Crippen molar-refractivity contribution < 1.29 is 8.42 Å². The van der Waals surface area contributed by atoms with Crippen molar-refractivity contribution >= 4 is 10.0 Å². The van der Waals surface area contributed by atoms with E-state index >= 15 is 0 Å². The second-order valence-corrected chi connectivity index (χ2v) is 5.33. The molecule has 1 aromatic heterocycles. The maximum absolute atomic E-state index is 11.9. The molecule has 0 amide bonds. The Kier molecular flexibility index (Phi) is 3.35. The van der Waals surface area contributed by atoms with Gasteiger partial charge in [-0.3, -0.25) is 4.68 Å². The number of hydrogen-bond donors (Lipinski definition) is 1. The number of rotatable bonds is 4. The lowest BCUT2D eigenvalue weighted by Crippen LogP contribution is -2.44. The van der Waals surface area contributed by atoms with E-state index in [0.29, 0.717) is 6.42 Å². The molecule has 0 aliphatic heterocycles. The average Bonchev–Trinajstić information content (AvgIpc) is 2.64. The second-order valence-electron chi connectivity index (χ2n) is 3.70. The summed E-state index contributed by atoms with van der Waals surface area (Å²) in [5, 5.41) is 12.7. The van der Waals surface area contributed by atoms with E-state index in [4.69, 9.17) is 5.26 Å². The zero-order valence-corrected chi connectivity index (χ0v) is 10.2. The maximum atomic E-state index is 11.9. The molecule has 0 spiro atoms. The Morgan fingerprint density at radius 2 is 2.31 bits per heavy atom. The highest BCUT2D eigenvalue weighted by atomic mass is 32.2. The summed E-state index contributed by atoms with van der Waals surface area (Å²) in [5.74, 6) is 0. The molecule has 0 aliphatic carbocycles. The van der Waals surface area contributed by atoms with Crippen LogP contribution in [-0.2, 0) is 17.1 Å². The average molecular weight is 242 g/mol. The third kappa shape index (κ3) is 2.40. The van der Waals surface area contributed by atoms with Gasteiger partial charge in [0.1, 0.15) is 5.54 Å². The van der Waals surface area contributed by atoms with Crippen LogP contribution in [0, 0.1) is 11.3 Å². The van der Waals surface area contributed by atoms with Crippen LogP contribution >= 0.6 is 0 Å². The normalized spacial score (nSPS) is 15.4. The fourth-order valence-corrected chi connectivity index (χ4v) is 2.67. The molecule has 1 rings (SSSR count). The fraction of sp³-hybridized carbons (Fsp3) is 0.556. The molecule has 1 unspecified atom stereocenters. The molecule has 0 saturated carbocycles. The fourth-order valence-electron chi connectivity index (χ4n) is 1.15. The van der Waals surface area contributed by atoms with Crippen LogP contribution in [0.1, 0.15) is 20.3 Å². The van der Waals surface area contributed by atoms with Gasteiger partial charge in [-0.25, -0.2) is 8.42 Å². The molecule has 0 aromatic carbocycles. The molecule has 1 aromatic rings. The zero-order chi connectivity index (χ0) is 12.4. The van der Waals surface area contributed by atoms with Gasteiger partial charge in [0.2, 0.25) is 0 Å². The Labute approximate surface area is 94.9 Å². The Morgan fingerprint density at radius 1 is 1.69 bits per heavy atom. The molecule has 0 fully saturated rings. The molecule has 88 valence electrons. The highest BCUT2D eigenvalue weighted by Crippen LogP contribution is 2.14. The minimum Gasteiger partial charge on any atom is -0.256 e. The summed E-state index contributed by atoms with van der Waals surface area (Å²) in [6.45, 7) is 3.29. The molecule has 6 nitrogen and oxygen atoms in total. The lowest BCUT2D eigenvalue weighted by molar-refractivity contribution is 0.488. The van der Waals surface area contributed by atoms with Crippen LogP contribution in [0.2, 0.25) is 0 Å². The summed E-state index contributed by atoms with van der Waals surface area (Å²) in [6.07, 6.45) is 1.78. The quantitative estimate of drug-likeness (QED) is 0.827. The van der Waals surface area contributed by atoms with Gasteiger partial charge < -0.3 is 0 Å². The molecular weight excluding hydrogens is 228 g/mol. The molecule has 0 bridgehead atoms. The van der Waals surface area contributed by atoms with Crippen LogP contribution in [0.5, 0.6) is 0 Å². The predicted octanol–water partition coefficient (Wildman–Crippen LogP) is 0.391. The smallest absolute Gasteiger partial charge is 0.256 e. The monoisotopic (exact) mass is 242 g/mol. The van der Waals surface area contributed by atoms with Crippen LogP contribution in [-0.4, -0.2) is 23.7 Å². The van der Waals surface area contributed by atoms with Gasteiger partial charge in [0, 0.05) is 7.05 Å². The summed E-state index contributed by atoms with van der Waals surface area (Å²) >= 11 is 0. The van der Waals surface area contributed by atoms with Crippen molar-refractivity contribution in [1.29, 1.82) is 5.26 Å². The molecule has 0 saturated heterocycles. The summed E-state index contributed by atoms with van der Waals surface area (Å²) in [4.78, 5) is 0. The molecule has 16 heavy (non-hydrogen) atoms. The highest BCUT2D eigenvalue weighted by molar-refractivity contribution is 7.89. The molecule has 1 N–H and O–H groups in total. The zero-order valence-electron chi connectivity index (χ0n) is 9.43. The van der Waals surface area contributed by atoms with E-state index in [1.165, 1.54) is 24.0 Å². The lowest BCUT2D eigenvalue weighted by atomic mass is 10.0. The molecule has 0 aliphatic rings. The molecule has 1 heterocycles. The van der Waals surface area contributed by atoms with Crippen LogP contribution in [0.4, 0.5) is 0 Å². The first-order valence-corrected chi connectivity index (χ1v) is 6.26. The van der Waals surface area contributed by atoms with E-state index in [1.54, 1.807) is 13.8 Å². The number of nitrogens with zero attached hydrogens (tertiary/aromatic N) is 3. The minimum atomic E-state index is -3.70. The Hall–Kier alpha value is -1.39. The van der Waals surface area contributed by atoms with E-state index in [0.717, 1.165) is 0 Å². The molecular formula is C9H14N4O2S. The van der Waals surface area contributed by atoms with E-state index in [1.807, 2.05) is 6.07 Å². The van der Waals surface area contributed by atoms with Crippen molar-refractivity contribution in [3.05, 3.63) is 12.3 Å². The third-order valence-electron chi connectivity index (χ3n) is 2.36. The topological polar surface area (TPSA) is 87.8 Å². The summed E-state index contributed by atoms with van der Waals surface area (Å²) in [6, 6.07) is 3.33. The largest absolute Gasteiger partial charge is 0.259 e. The number of sulfonamides is 1. The highest BCUT2D eigenvalue weighted by Gasteiger charge is 2.30. The van der Waals surface area contributed by atoms with Crippen LogP contribution in [0.25, 0.3) is 0 Å². The predicted molar refractivity (Wildman–Crippen MR) is 57.8 cm³/mol. The number of nitrogens with one attached hydrogen (secondary N) is 1. The Balaban J connectivity index is 3.08.